The SMILES string of the molecule is CC(O)c1ccc(Nc2c(Cl)cccc2[N+](=O)[O-])cc1. The molecule has 0 aliphatic heterocycles. The van der Waals surface area contributed by atoms with Gasteiger partial charge in [-0.2, -0.15) is 0 Å². The minimum absolute atomic E-state index is 0.0860. The van der Waals surface area contributed by atoms with E-state index in [4.69, 9.17) is 11.6 Å². The van der Waals surface area contributed by atoms with E-state index >= 15 is 0 Å². The van der Waals surface area contributed by atoms with Crippen LogP contribution in [0.25, 0.3) is 0 Å². The highest BCUT2D eigenvalue weighted by Gasteiger charge is 2.16. The van der Waals surface area contributed by atoms with Crippen molar-refractivity contribution in [3.05, 3.63) is 63.2 Å². The molecule has 0 fully saturated rings. The first-order valence-electron chi connectivity index (χ1n) is 5.97. The van der Waals surface area contributed by atoms with Gasteiger partial charge in [-0.05, 0) is 30.7 Å². The molecule has 2 rings (SSSR count). The van der Waals surface area contributed by atoms with Crippen LogP contribution in [-0.4, -0.2) is 10.0 Å². The molecular formula is C14H13ClN2O3. The van der Waals surface area contributed by atoms with E-state index in [2.05, 4.69) is 5.32 Å². The van der Waals surface area contributed by atoms with Crippen molar-refractivity contribution in [2.45, 2.75) is 13.0 Å². The number of aliphatic hydroxyl groups excluding tert-OH is 1. The van der Waals surface area contributed by atoms with Gasteiger partial charge in [0, 0.05) is 11.8 Å². The zero-order valence-corrected chi connectivity index (χ0v) is 11.5. The molecule has 2 aromatic carbocycles. The molecule has 1 atom stereocenters. The van der Waals surface area contributed by atoms with E-state index in [1.54, 1.807) is 37.3 Å². The van der Waals surface area contributed by atoms with E-state index in [1.807, 2.05) is 0 Å². The lowest BCUT2D eigenvalue weighted by Crippen LogP contribution is -1.98. The summed E-state index contributed by atoms with van der Waals surface area (Å²) in [6.07, 6.45) is -0.557. The molecular weight excluding hydrogens is 280 g/mol. The number of hydrogen-bond donors (Lipinski definition) is 2. The first kappa shape index (κ1) is 14.3. The van der Waals surface area contributed by atoms with Crippen molar-refractivity contribution < 1.29 is 10.0 Å². The van der Waals surface area contributed by atoms with Gasteiger partial charge in [0.2, 0.25) is 0 Å². The molecule has 2 aromatic rings. The van der Waals surface area contributed by atoms with Crippen LogP contribution in [-0.2, 0) is 0 Å². The summed E-state index contributed by atoms with van der Waals surface area (Å²) < 4.78 is 0. The Bertz CT molecular complexity index is 627. The van der Waals surface area contributed by atoms with E-state index in [1.165, 1.54) is 12.1 Å². The average molecular weight is 293 g/mol. The normalized spacial score (nSPS) is 11.9. The van der Waals surface area contributed by atoms with Crippen molar-refractivity contribution in [1.82, 2.24) is 0 Å². The number of halogens is 1. The summed E-state index contributed by atoms with van der Waals surface area (Å²) in [6.45, 7) is 1.67. The Balaban J connectivity index is 2.32. The Hall–Kier alpha value is -2.11. The fraction of sp³-hybridized carbons (Fsp3) is 0.143. The second-order valence-electron chi connectivity index (χ2n) is 4.31. The second-order valence-corrected chi connectivity index (χ2v) is 4.72. The van der Waals surface area contributed by atoms with E-state index < -0.39 is 11.0 Å². The number of hydrogen-bond acceptors (Lipinski definition) is 4. The monoisotopic (exact) mass is 292 g/mol. The Morgan fingerprint density at radius 3 is 2.45 bits per heavy atom. The summed E-state index contributed by atoms with van der Waals surface area (Å²) >= 11 is 6.00. The van der Waals surface area contributed by atoms with E-state index in [-0.39, 0.29) is 16.4 Å². The molecule has 0 heterocycles. The molecule has 0 aliphatic carbocycles. The number of para-hydroxylation sites is 1. The van der Waals surface area contributed by atoms with Crippen molar-refractivity contribution in [2.24, 2.45) is 0 Å². The van der Waals surface area contributed by atoms with Gasteiger partial charge in [0.25, 0.3) is 5.69 Å². The molecule has 0 aromatic heterocycles. The van der Waals surface area contributed by atoms with Crippen LogP contribution in [0.1, 0.15) is 18.6 Å². The second kappa shape index (κ2) is 5.90. The van der Waals surface area contributed by atoms with Crippen molar-refractivity contribution >= 4 is 28.7 Å². The predicted octanol–water partition coefficient (Wildman–Crippen LogP) is 4.05. The molecule has 0 aliphatic rings. The minimum atomic E-state index is -0.557. The molecule has 0 amide bonds. The van der Waals surface area contributed by atoms with E-state index in [9.17, 15) is 15.2 Å². The lowest BCUT2D eigenvalue weighted by atomic mass is 10.1. The third-order valence-corrected chi connectivity index (χ3v) is 3.17. The van der Waals surface area contributed by atoms with Gasteiger partial charge < -0.3 is 10.4 Å². The van der Waals surface area contributed by atoms with Gasteiger partial charge in [-0.15, -0.1) is 0 Å². The quantitative estimate of drug-likeness (QED) is 0.658. The van der Waals surface area contributed by atoms with E-state index in [0.717, 1.165) is 5.56 Å². The molecule has 0 saturated carbocycles. The first-order valence-corrected chi connectivity index (χ1v) is 6.35. The molecule has 6 heteroatoms. The molecule has 1 unspecified atom stereocenters. The highest BCUT2D eigenvalue weighted by Crippen LogP contribution is 2.34. The van der Waals surface area contributed by atoms with Crippen molar-refractivity contribution in [1.29, 1.82) is 0 Å². The largest absolute Gasteiger partial charge is 0.389 e. The summed E-state index contributed by atoms with van der Waals surface area (Å²) in [7, 11) is 0. The zero-order chi connectivity index (χ0) is 14.7. The number of rotatable bonds is 4. The van der Waals surface area contributed by atoms with Crippen LogP contribution in [0, 0.1) is 10.1 Å². The van der Waals surface area contributed by atoms with Crippen LogP contribution in [0.3, 0.4) is 0 Å². The summed E-state index contributed by atoms with van der Waals surface area (Å²) in [5.41, 5.74) is 1.59. The van der Waals surface area contributed by atoms with Crippen molar-refractivity contribution in [3.8, 4) is 0 Å². The maximum atomic E-state index is 11.0. The van der Waals surface area contributed by atoms with Crippen LogP contribution in [0.5, 0.6) is 0 Å². The maximum absolute atomic E-state index is 11.0. The smallest absolute Gasteiger partial charge is 0.294 e. The third kappa shape index (κ3) is 3.07. The van der Waals surface area contributed by atoms with Crippen molar-refractivity contribution in [3.63, 3.8) is 0 Å². The van der Waals surface area contributed by atoms with Crippen LogP contribution in [0.4, 0.5) is 17.1 Å². The Labute approximate surface area is 121 Å². The number of nitrogens with zero attached hydrogens (tertiary/aromatic N) is 1. The molecule has 5 nitrogen and oxygen atoms in total. The van der Waals surface area contributed by atoms with Gasteiger partial charge in [-0.3, -0.25) is 10.1 Å². The number of nitro groups is 1. The Morgan fingerprint density at radius 1 is 1.25 bits per heavy atom. The fourth-order valence-electron chi connectivity index (χ4n) is 1.78. The molecule has 0 bridgehead atoms. The molecule has 20 heavy (non-hydrogen) atoms. The van der Waals surface area contributed by atoms with Gasteiger partial charge in [0.05, 0.1) is 16.0 Å². The Kier molecular flexibility index (Phi) is 4.22. The summed E-state index contributed by atoms with van der Waals surface area (Å²) in [5.74, 6) is 0. The highest BCUT2D eigenvalue weighted by atomic mass is 35.5. The lowest BCUT2D eigenvalue weighted by molar-refractivity contribution is -0.383. The molecule has 104 valence electrons. The molecule has 0 spiro atoms. The van der Waals surface area contributed by atoms with Crippen LogP contribution in [0.2, 0.25) is 5.02 Å². The summed E-state index contributed by atoms with van der Waals surface area (Å²) in [6, 6.07) is 11.5. The van der Waals surface area contributed by atoms with Gasteiger partial charge >= 0.3 is 0 Å². The minimum Gasteiger partial charge on any atom is -0.389 e. The number of anilines is 2. The highest BCUT2D eigenvalue weighted by molar-refractivity contribution is 6.33. The van der Waals surface area contributed by atoms with Gasteiger partial charge in [-0.1, -0.05) is 29.8 Å². The number of nitro benzene ring substituents is 1. The topological polar surface area (TPSA) is 75.4 Å². The fourth-order valence-corrected chi connectivity index (χ4v) is 1.99. The lowest BCUT2D eigenvalue weighted by Gasteiger charge is -2.10. The van der Waals surface area contributed by atoms with Gasteiger partial charge in [0.15, 0.2) is 0 Å². The first-order chi connectivity index (χ1) is 9.49. The number of nitrogens with one attached hydrogen (secondary N) is 1. The van der Waals surface area contributed by atoms with Gasteiger partial charge in [-0.25, -0.2) is 0 Å². The van der Waals surface area contributed by atoms with Crippen LogP contribution < -0.4 is 5.32 Å². The average Bonchev–Trinajstić information content (AvgIpc) is 2.41. The Morgan fingerprint density at radius 2 is 1.90 bits per heavy atom. The van der Waals surface area contributed by atoms with Crippen LogP contribution >= 0.6 is 11.6 Å². The standard InChI is InChI=1S/C14H13ClN2O3/c1-9(18)10-5-7-11(8-6-10)16-14-12(15)3-2-4-13(14)17(19)20/h2-9,16,18H,1H3. The molecule has 2 N–H and O–H groups in total. The zero-order valence-electron chi connectivity index (χ0n) is 10.7. The maximum Gasteiger partial charge on any atom is 0.294 e. The van der Waals surface area contributed by atoms with E-state index in [0.29, 0.717) is 5.69 Å². The summed E-state index contributed by atoms with van der Waals surface area (Å²) in [4.78, 5) is 10.5. The molecule has 0 radical (unpaired) electrons. The number of aliphatic hydroxyl groups is 1. The summed E-state index contributed by atoms with van der Waals surface area (Å²) in [5, 5.41) is 23.6. The van der Waals surface area contributed by atoms with Crippen molar-refractivity contribution in [2.75, 3.05) is 5.32 Å². The number of benzene rings is 2. The van der Waals surface area contributed by atoms with Gasteiger partial charge in [0.1, 0.15) is 5.69 Å². The molecule has 0 saturated heterocycles. The predicted molar refractivity (Wildman–Crippen MR) is 78.5 cm³/mol. The van der Waals surface area contributed by atoms with Crippen LogP contribution in [0.15, 0.2) is 42.5 Å². The third-order valence-electron chi connectivity index (χ3n) is 2.85.